The van der Waals surface area contributed by atoms with Crippen molar-refractivity contribution in [3.05, 3.63) is 58.1 Å². The first-order valence-electron chi connectivity index (χ1n) is 15.2. The van der Waals surface area contributed by atoms with Crippen molar-refractivity contribution in [1.29, 1.82) is 0 Å². The smallest absolute Gasteiger partial charge is 0.263 e. The SMILES string of the molecule is COCCS(=O)NC(=O)c1ccc2c(c1)N(CC1CCC1CC1OCCCO1)C[C@@]1(CCCc3cc(Cl)ccc31)CO2. The molecule has 2 aliphatic heterocycles. The Morgan fingerprint density at radius 3 is 2.76 bits per heavy atom. The molecule has 8 nitrogen and oxygen atoms in total. The average Bonchev–Trinajstić information content (AvgIpc) is 3.14. The zero-order valence-electron chi connectivity index (χ0n) is 24.3. The van der Waals surface area contributed by atoms with Gasteiger partial charge in [-0.2, -0.15) is 0 Å². The molecule has 0 bridgehead atoms. The number of benzene rings is 2. The van der Waals surface area contributed by atoms with Crippen molar-refractivity contribution >= 4 is 34.2 Å². The van der Waals surface area contributed by atoms with E-state index in [-0.39, 0.29) is 23.4 Å². The summed E-state index contributed by atoms with van der Waals surface area (Å²) in [5.74, 6) is 1.68. The first-order chi connectivity index (χ1) is 20.4. The summed E-state index contributed by atoms with van der Waals surface area (Å²) < 4.78 is 38.4. The number of hydrogen-bond acceptors (Lipinski definition) is 7. The molecule has 2 heterocycles. The van der Waals surface area contributed by atoms with Crippen molar-refractivity contribution in [2.75, 3.05) is 57.3 Å². The van der Waals surface area contributed by atoms with Gasteiger partial charge in [0.1, 0.15) is 16.7 Å². The highest BCUT2D eigenvalue weighted by Crippen LogP contribution is 2.47. The van der Waals surface area contributed by atoms with E-state index in [1.165, 1.54) is 17.5 Å². The molecule has 10 heteroatoms. The number of fused-ring (bicyclic) bond motifs is 3. The molecule has 42 heavy (non-hydrogen) atoms. The van der Waals surface area contributed by atoms with Gasteiger partial charge in [0.2, 0.25) is 0 Å². The summed E-state index contributed by atoms with van der Waals surface area (Å²) in [4.78, 5) is 15.6. The predicted molar refractivity (Wildman–Crippen MR) is 164 cm³/mol. The minimum Gasteiger partial charge on any atom is -0.490 e. The lowest BCUT2D eigenvalue weighted by Crippen LogP contribution is -2.48. The standard InChI is InChI=1S/C32H41ClN2O6S/c1-38-14-15-42(37)34-31(36)24-7-10-29-28(17-24)35(19-25-6-5-22(25)18-30-39-12-3-13-40-30)20-32(21-41-29)11-2-4-23-16-26(33)8-9-27(23)32/h7-10,16-17,22,25,30H,2-6,11-15,18-21H2,1H3,(H,34,36)/t22?,25?,32-,42?/m0/s1. The molecule has 1 spiro atoms. The van der Waals surface area contributed by atoms with Crippen LogP contribution in [0.3, 0.4) is 0 Å². The van der Waals surface area contributed by atoms with Crippen molar-refractivity contribution in [3.63, 3.8) is 0 Å². The highest BCUT2D eigenvalue weighted by atomic mass is 35.5. The van der Waals surface area contributed by atoms with Crippen molar-refractivity contribution in [2.45, 2.75) is 56.7 Å². The molecular weight excluding hydrogens is 576 g/mol. The Bertz CT molecular complexity index is 1300. The largest absolute Gasteiger partial charge is 0.490 e. The van der Waals surface area contributed by atoms with Crippen LogP contribution in [0.4, 0.5) is 5.69 Å². The van der Waals surface area contributed by atoms with Gasteiger partial charge in [-0.15, -0.1) is 0 Å². The minimum absolute atomic E-state index is 0.109. The second kappa shape index (κ2) is 13.2. The van der Waals surface area contributed by atoms with Gasteiger partial charge in [-0.1, -0.05) is 17.7 Å². The summed E-state index contributed by atoms with van der Waals surface area (Å²) in [6.07, 6.45) is 7.21. The van der Waals surface area contributed by atoms with Gasteiger partial charge in [-0.25, -0.2) is 4.21 Å². The fraction of sp³-hybridized carbons (Fsp3) is 0.594. The van der Waals surface area contributed by atoms with Crippen LogP contribution in [-0.4, -0.2) is 68.8 Å². The van der Waals surface area contributed by atoms with Gasteiger partial charge in [-0.05, 0) is 91.8 Å². The number of halogens is 1. The Balaban J connectivity index is 1.29. The fourth-order valence-corrected chi connectivity index (χ4v) is 7.96. The highest BCUT2D eigenvalue weighted by molar-refractivity contribution is 7.83. The van der Waals surface area contributed by atoms with Crippen LogP contribution >= 0.6 is 11.6 Å². The van der Waals surface area contributed by atoms with Gasteiger partial charge in [0.25, 0.3) is 5.91 Å². The zero-order chi connectivity index (χ0) is 29.1. The molecule has 4 aliphatic rings. The molecular formula is C32H41ClN2O6S. The van der Waals surface area contributed by atoms with Crippen molar-refractivity contribution in [3.8, 4) is 5.75 Å². The monoisotopic (exact) mass is 616 g/mol. The van der Waals surface area contributed by atoms with Crippen LogP contribution < -0.4 is 14.4 Å². The summed E-state index contributed by atoms with van der Waals surface area (Å²) in [7, 11) is 0.0354. The number of amides is 1. The number of carbonyl (C=O) groups is 1. The van der Waals surface area contributed by atoms with E-state index < -0.39 is 11.0 Å². The van der Waals surface area contributed by atoms with Gasteiger partial charge < -0.3 is 23.8 Å². The lowest BCUT2D eigenvalue weighted by molar-refractivity contribution is -0.192. The van der Waals surface area contributed by atoms with Gasteiger partial charge in [0.15, 0.2) is 6.29 Å². The van der Waals surface area contributed by atoms with Gasteiger partial charge in [0.05, 0.1) is 37.9 Å². The van der Waals surface area contributed by atoms with E-state index >= 15 is 0 Å². The van der Waals surface area contributed by atoms with Crippen molar-refractivity contribution in [2.24, 2.45) is 11.8 Å². The highest BCUT2D eigenvalue weighted by Gasteiger charge is 2.43. The van der Waals surface area contributed by atoms with E-state index in [0.29, 0.717) is 30.6 Å². The number of aryl methyl sites for hydroxylation is 1. The van der Waals surface area contributed by atoms with E-state index in [1.807, 2.05) is 18.2 Å². The molecule has 1 saturated heterocycles. The van der Waals surface area contributed by atoms with E-state index in [9.17, 15) is 9.00 Å². The van der Waals surface area contributed by atoms with Crippen LogP contribution in [0.25, 0.3) is 0 Å². The van der Waals surface area contributed by atoms with Crippen molar-refractivity contribution < 1.29 is 28.0 Å². The number of ether oxygens (including phenoxy) is 4. The lowest BCUT2D eigenvalue weighted by atomic mass is 9.69. The summed E-state index contributed by atoms with van der Waals surface area (Å²) >= 11 is 6.41. The Morgan fingerprint density at radius 1 is 1.14 bits per heavy atom. The molecule has 0 radical (unpaired) electrons. The molecule has 3 unspecified atom stereocenters. The van der Waals surface area contributed by atoms with Gasteiger partial charge in [-0.3, -0.25) is 9.52 Å². The third kappa shape index (κ3) is 6.50. The van der Waals surface area contributed by atoms with Crippen LogP contribution in [0.2, 0.25) is 5.02 Å². The molecule has 2 aromatic rings. The number of nitrogens with one attached hydrogen (secondary N) is 1. The molecule has 228 valence electrons. The van der Waals surface area contributed by atoms with Crippen LogP contribution in [0, 0.1) is 11.8 Å². The Morgan fingerprint density at radius 2 is 1.98 bits per heavy atom. The van der Waals surface area contributed by atoms with Crippen LogP contribution in [-0.2, 0) is 37.0 Å². The Hall–Kier alpha value is -2.17. The summed E-state index contributed by atoms with van der Waals surface area (Å²) in [6.45, 7) is 4.07. The van der Waals surface area contributed by atoms with Crippen molar-refractivity contribution in [1.82, 2.24) is 4.72 Å². The maximum Gasteiger partial charge on any atom is 0.263 e. The molecule has 0 aromatic heterocycles. The van der Waals surface area contributed by atoms with E-state index in [0.717, 1.165) is 81.3 Å². The number of nitrogens with zero attached hydrogens (tertiary/aromatic N) is 1. The molecule has 2 aliphatic carbocycles. The number of anilines is 1. The maximum atomic E-state index is 13.1. The second-order valence-corrected chi connectivity index (χ2v) is 13.9. The number of methoxy groups -OCH3 is 1. The molecule has 4 atom stereocenters. The van der Waals surface area contributed by atoms with Gasteiger partial charge >= 0.3 is 0 Å². The van der Waals surface area contributed by atoms with E-state index in [2.05, 4.69) is 21.8 Å². The maximum absolute atomic E-state index is 13.1. The molecule has 1 N–H and O–H groups in total. The third-order valence-electron chi connectivity index (χ3n) is 9.40. The zero-order valence-corrected chi connectivity index (χ0v) is 25.9. The molecule has 2 fully saturated rings. The first kappa shape index (κ1) is 29.9. The number of rotatable bonds is 9. The minimum atomic E-state index is -1.51. The molecule has 6 rings (SSSR count). The fourth-order valence-electron chi connectivity index (χ4n) is 7.02. The molecule has 2 aromatic carbocycles. The predicted octanol–water partition coefficient (Wildman–Crippen LogP) is 5.03. The summed E-state index contributed by atoms with van der Waals surface area (Å²) in [5, 5.41) is 0.767. The normalized spacial score (nSPS) is 26.4. The van der Waals surface area contributed by atoms with E-state index in [1.54, 1.807) is 13.2 Å². The Kier molecular flexibility index (Phi) is 9.41. The van der Waals surface area contributed by atoms with Crippen LogP contribution in [0.15, 0.2) is 36.4 Å². The van der Waals surface area contributed by atoms with Gasteiger partial charge in [0, 0.05) is 42.6 Å². The average molecular weight is 617 g/mol. The molecule has 1 saturated carbocycles. The number of carbonyl (C=O) groups excluding carboxylic acids is 1. The first-order valence-corrected chi connectivity index (χ1v) is 16.9. The summed E-state index contributed by atoms with van der Waals surface area (Å²) in [6, 6.07) is 11.8. The molecule has 1 amide bonds. The van der Waals surface area contributed by atoms with Crippen LogP contribution in [0.5, 0.6) is 5.75 Å². The third-order valence-corrected chi connectivity index (χ3v) is 10.6. The number of hydrogen-bond donors (Lipinski definition) is 1. The lowest BCUT2D eigenvalue weighted by Gasteiger charge is -2.45. The quantitative estimate of drug-likeness (QED) is 0.423. The summed E-state index contributed by atoms with van der Waals surface area (Å²) in [5.41, 5.74) is 3.82. The van der Waals surface area contributed by atoms with Crippen LogP contribution in [0.1, 0.15) is 60.0 Å². The van der Waals surface area contributed by atoms with E-state index in [4.69, 9.17) is 30.5 Å². The Labute approximate surface area is 256 Å². The topological polar surface area (TPSA) is 86.3 Å². The second-order valence-electron chi connectivity index (χ2n) is 12.1.